The molecule has 23 heavy (non-hydrogen) atoms. The molecule has 1 heterocycles. The quantitative estimate of drug-likeness (QED) is 0.891. The Bertz CT molecular complexity index is 658. The highest BCUT2D eigenvalue weighted by molar-refractivity contribution is 5.95. The van der Waals surface area contributed by atoms with Crippen molar-refractivity contribution in [3.63, 3.8) is 0 Å². The van der Waals surface area contributed by atoms with Crippen LogP contribution in [0, 0.1) is 6.92 Å². The van der Waals surface area contributed by atoms with E-state index in [4.69, 9.17) is 0 Å². The number of hydrogen-bond acceptors (Lipinski definition) is 3. The van der Waals surface area contributed by atoms with E-state index in [1.54, 1.807) is 11.1 Å². The van der Waals surface area contributed by atoms with E-state index in [-0.39, 0.29) is 11.8 Å². The summed E-state index contributed by atoms with van der Waals surface area (Å²) in [5, 5.41) is 7.54. The van der Waals surface area contributed by atoms with Crippen LogP contribution in [0.4, 0.5) is 0 Å². The van der Waals surface area contributed by atoms with Crippen molar-refractivity contribution < 1.29 is 4.79 Å². The highest BCUT2D eigenvalue weighted by Gasteiger charge is 2.23. The molecule has 1 aromatic heterocycles. The van der Waals surface area contributed by atoms with Crippen molar-refractivity contribution >= 4 is 5.91 Å². The van der Waals surface area contributed by atoms with Gasteiger partial charge in [-0.2, -0.15) is 5.10 Å². The minimum absolute atomic E-state index is 0.0160. The number of nitrogens with zero attached hydrogens (tertiary/aromatic N) is 3. The average molecular weight is 314 g/mol. The van der Waals surface area contributed by atoms with Crippen molar-refractivity contribution in [1.29, 1.82) is 0 Å². The molecule has 5 nitrogen and oxygen atoms in total. The first-order valence-electron chi connectivity index (χ1n) is 8.00. The van der Waals surface area contributed by atoms with Gasteiger partial charge in [-0.05, 0) is 32.0 Å². The second-order valence-electron chi connectivity index (χ2n) is 6.18. The summed E-state index contributed by atoms with van der Waals surface area (Å²) in [6.07, 6.45) is 1.69. The number of amides is 1. The van der Waals surface area contributed by atoms with Crippen LogP contribution in [-0.2, 0) is 0 Å². The molecule has 2 aromatic rings. The van der Waals surface area contributed by atoms with E-state index in [1.807, 2.05) is 30.9 Å². The van der Waals surface area contributed by atoms with Gasteiger partial charge in [0.2, 0.25) is 0 Å². The summed E-state index contributed by atoms with van der Waals surface area (Å²) in [5.74, 6) is 0.220. The second-order valence-corrected chi connectivity index (χ2v) is 6.18. The van der Waals surface area contributed by atoms with E-state index in [0.29, 0.717) is 12.1 Å². The average Bonchev–Trinajstić information content (AvgIpc) is 2.97. The zero-order chi connectivity index (χ0) is 17.0. The Hall–Kier alpha value is -2.14. The molecular weight excluding hydrogens is 288 g/mol. The molecule has 0 atom stereocenters. The molecule has 0 aliphatic carbocycles. The highest BCUT2D eigenvalue weighted by atomic mass is 16.2. The minimum Gasteiger partial charge on any atom is -0.340 e. The van der Waals surface area contributed by atoms with Crippen LogP contribution in [0.15, 0.2) is 30.5 Å². The van der Waals surface area contributed by atoms with Gasteiger partial charge < -0.3 is 10.2 Å². The van der Waals surface area contributed by atoms with Crippen LogP contribution in [0.3, 0.4) is 0 Å². The third-order valence-electron chi connectivity index (χ3n) is 3.91. The van der Waals surface area contributed by atoms with Crippen LogP contribution < -0.4 is 5.32 Å². The largest absolute Gasteiger partial charge is 0.340 e. The number of rotatable bonds is 6. The SMILES string of the molecule is CNCCN(C)C(=O)c1cnn(-c2ccc(C)cc2)c1C(C)C. The Morgan fingerprint density at radius 3 is 2.52 bits per heavy atom. The maximum absolute atomic E-state index is 12.7. The molecule has 0 saturated heterocycles. The van der Waals surface area contributed by atoms with Gasteiger partial charge in [-0.3, -0.25) is 4.79 Å². The van der Waals surface area contributed by atoms with Crippen molar-refractivity contribution in [1.82, 2.24) is 20.0 Å². The van der Waals surface area contributed by atoms with E-state index < -0.39 is 0 Å². The summed E-state index contributed by atoms with van der Waals surface area (Å²) in [6, 6.07) is 8.18. The fourth-order valence-electron chi connectivity index (χ4n) is 2.56. The predicted molar refractivity (Wildman–Crippen MR) is 93.3 cm³/mol. The van der Waals surface area contributed by atoms with E-state index in [1.165, 1.54) is 5.56 Å². The third-order valence-corrected chi connectivity index (χ3v) is 3.91. The first kappa shape index (κ1) is 17.2. The number of aromatic nitrogens is 2. The van der Waals surface area contributed by atoms with Crippen molar-refractivity contribution in [2.75, 3.05) is 27.2 Å². The number of hydrogen-bond donors (Lipinski definition) is 1. The number of benzene rings is 1. The van der Waals surface area contributed by atoms with Crippen LogP contribution in [0.2, 0.25) is 0 Å². The van der Waals surface area contributed by atoms with Crippen molar-refractivity contribution in [2.24, 2.45) is 0 Å². The predicted octanol–water partition coefficient (Wildman–Crippen LogP) is 2.60. The van der Waals surface area contributed by atoms with Gasteiger partial charge in [-0.25, -0.2) is 4.68 Å². The van der Waals surface area contributed by atoms with Crippen LogP contribution in [0.5, 0.6) is 0 Å². The zero-order valence-electron chi connectivity index (χ0n) is 14.6. The van der Waals surface area contributed by atoms with Crippen LogP contribution in [0.25, 0.3) is 5.69 Å². The van der Waals surface area contributed by atoms with E-state index in [0.717, 1.165) is 17.9 Å². The molecule has 0 radical (unpaired) electrons. The van der Waals surface area contributed by atoms with Crippen LogP contribution >= 0.6 is 0 Å². The Balaban J connectivity index is 2.38. The molecule has 1 aromatic carbocycles. The van der Waals surface area contributed by atoms with Crippen molar-refractivity contribution in [3.05, 3.63) is 47.3 Å². The summed E-state index contributed by atoms with van der Waals surface area (Å²) in [6.45, 7) is 7.67. The maximum Gasteiger partial charge on any atom is 0.257 e. The van der Waals surface area contributed by atoms with Gasteiger partial charge in [0.05, 0.1) is 23.1 Å². The van der Waals surface area contributed by atoms with Crippen LogP contribution in [-0.4, -0.2) is 47.8 Å². The van der Waals surface area contributed by atoms with Gasteiger partial charge in [0.15, 0.2) is 0 Å². The van der Waals surface area contributed by atoms with Gasteiger partial charge in [-0.15, -0.1) is 0 Å². The minimum atomic E-state index is 0.0160. The lowest BCUT2D eigenvalue weighted by Gasteiger charge is -2.18. The lowest BCUT2D eigenvalue weighted by Crippen LogP contribution is -2.33. The molecule has 0 saturated carbocycles. The normalized spacial score (nSPS) is 11.0. The molecule has 5 heteroatoms. The zero-order valence-corrected chi connectivity index (χ0v) is 14.6. The van der Waals surface area contributed by atoms with Crippen molar-refractivity contribution in [2.45, 2.75) is 26.7 Å². The molecule has 1 N–H and O–H groups in total. The number of carbonyl (C=O) groups excluding carboxylic acids is 1. The summed E-state index contributed by atoms with van der Waals surface area (Å²) in [4.78, 5) is 14.5. The summed E-state index contributed by atoms with van der Waals surface area (Å²) >= 11 is 0. The number of carbonyl (C=O) groups is 1. The summed E-state index contributed by atoms with van der Waals surface area (Å²) < 4.78 is 1.88. The molecule has 0 aliphatic rings. The molecule has 0 aliphatic heterocycles. The Labute approximate surface area is 138 Å². The topological polar surface area (TPSA) is 50.2 Å². The monoisotopic (exact) mass is 314 g/mol. The van der Waals surface area contributed by atoms with Gasteiger partial charge in [-0.1, -0.05) is 31.5 Å². The molecule has 0 bridgehead atoms. The number of nitrogens with one attached hydrogen (secondary N) is 1. The smallest absolute Gasteiger partial charge is 0.257 e. The highest BCUT2D eigenvalue weighted by Crippen LogP contribution is 2.24. The number of aryl methyl sites for hydroxylation is 1. The first-order chi connectivity index (χ1) is 11.0. The van der Waals surface area contributed by atoms with Crippen LogP contribution in [0.1, 0.15) is 41.4 Å². The van der Waals surface area contributed by atoms with Gasteiger partial charge in [0.25, 0.3) is 5.91 Å². The molecule has 124 valence electrons. The Morgan fingerprint density at radius 1 is 1.30 bits per heavy atom. The molecule has 0 spiro atoms. The molecule has 1 amide bonds. The standard InChI is InChI=1S/C18H26N4O/c1-13(2)17-16(18(23)21(5)11-10-19-4)12-20-22(17)15-8-6-14(3)7-9-15/h6-9,12-13,19H,10-11H2,1-5H3. The number of likely N-dealkylation sites (N-methyl/N-ethyl adjacent to an activating group) is 2. The van der Waals surface area contributed by atoms with Gasteiger partial charge in [0.1, 0.15) is 0 Å². The summed E-state index contributed by atoms with van der Waals surface area (Å²) in [5.41, 5.74) is 3.82. The summed E-state index contributed by atoms with van der Waals surface area (Å²) in [7, 11) is 3.71. The fraction of sp³-hybridized carbons (Fsp3) is 0.444. The van der Waals surface area contributed by atoms with Gasteiger partial charge >= 0.3 is 0 Å². The molecule has 0 fully saturated rings. The molecular formula is C18H26N4O. The van der Waals surface area contributed by atoms with Gasteiger partial charge in [0, 0.05) is 20.1 Å². The first-order valence-corrected chi connectivity index (χ1v) is 8.00. The third kappa shape index (κ3) is 3.79. The lowest BCUT2D eigenvalue weighted by atomic mass is 10.0. The molecule has 2 rings (SSSR count). The molecule has 0 unspecified atom stereocenters. The Kier molecular flexibility index (Phi) is 5.55. The van der Waals surface area contributed by atoms with E-state index in [9.17, 15) is 4.79 Å². The van der Waals surface area contributed by atoms with Crippen molar-refractivity contribution in [3.8, 4) is 5.69 Å². The Morgan fingerprint density at radius 2 is 1.96 bits per heavy atom. The van der Waals surface area contributed by atoms with E-state index in [2.05, 4.69) is 43.3 Å². The maximum atomic E-state index is 12.7. The fourth-order valence-corrected chi connectivity index (χ4v) is 2.56. The second kappa shape index (κ2) is 7.42. The van der Waals surface area contributed by atoms with E-state index >= 15 is 0 Å². The lowest BCUT2D eigenvalue weighted by molar-refractivity contribution is 0.0795.